The fourth-order valence-electron chi connectivity index (χ4n) is 2.07. The van der Waals surface area contributed by atoms with Crippen LogP contribution in [0.5, 0.6) is 0 Å². The SMILES string of the molecule is CCC(C)(C)C(=O)N1CCc2ccccc21. The van der Waals surface area contributed by atoms with Gasteiger partial charge < -0.3 is 4.90 Å². The standard InChI is InChI=1S/C14H19NO/c1-4-14(2,3)13(16)15-10-9-11-7-5-6-8-12(11)15/h5-8H,4,9-10H2,1-3H3. The number of anilines is 1. The molecule has 2 heteroatoms. The number of hydrogen-bond donors (Lipinski definition) is 0. The molecule has 0 fully saturated rings. The maximum absolute atomic E-state index is 12.4. The Hall–Kier alpha value is -1.31. The molecule has 1 aromatic rings. The quantitative estimate of drug-likeness (QED) is 0.745. The highest BCUT2D eigenvalue weighted by Crippen LogP contribution is 2.32. The van der Waals surface area contributed by atoms with Crippen LogP contribution in [-0.2, 0) is 11.2 Å². The zero-order valence-electron chi connectivity index (χ0n) is 10.3. The van der Waals surface area contributed by atoms with Crippen LogP contribution in [0.1, 0.15) is 32.8 Å². The minimum absolute atomic E-state index is 0.250. The molecule has 1 aliphatic heterocycles. The van der Waals surface area contributed by atoms with Gasteiger partial charge in [-0.2, -0.15) is 0 Å². The second kappa shape index (κ2) is 3.93. The van der Waals surface area contributed by atoms with Crippen molar-refractivity contribution >= 4 is 11.6 Å². The number of nitrogens with zero attached hydrogens (tertiary/aromatic N) is 1. The topological polar surface area (TPSA) is 20.3 Å². The van der Waals surface area contributed by atoms with Crippen molar-refractivity contribution in [3.63, 3.8) is 0 Å². The van der Waals surface area contributed by atoms with Crippen LogP contribution in [0, 0.1) is 5.41 Å². The van der Waals surface area contributed by atoms with E-state index in [1.807, 2.05) is 36.9 Å². The van der Waals surface area contributed by atoms with E-state index in [1.54, 1.807) is 0 Å². The lowest BCUT2D eigenvalue weighted by Gasteiger charge is -2.28. The fraction of sp³-hybridized carbons (Fsp3) is 0.500. The van der Waals surface area contributed by atoms with Crippen LogP contribution in [-0.4, -0.2) is 12.5 Å². The molecule has 0 aliphatic carbocycles. The van der Waals surface area contributed by atoms with Crippen LogP contribution in [0.25, 0.3) is 0 Å². The van der Waals surface area contributed by atoms with E-state index in [0.717, 1.165) is 25.1 Å². The summed E-state index contributed by atoms with van der Waals surface area (Å²) in [6.07, 6.45) is 1.87. The van der Waals surface area contributed by atoms with Crippen molar-refractivity contribution < 1.29 is 4.79 Å². The summed E-state index contributed by atoms with van der Waals surface area (Å²) in [5.41, 5.74) is 2.15. The molecule has 1 heterocycles. The summed E-state index contributed by atoms with van der Waals surface area (Å²) < 4.78 is 0. The van der Waals surface area contributed by atoms with Gasteiger partial charge in [0.2, 0.25) is 5.91 Å². The van der Waals surface area contributed by atoms with Crippen LogP contribution < -0.4 is 4.90 Å². The largest absolute Gasteiger partial charge is 0.311 e. The van der Waals surface area contributed by atoms with Crippen molar-refractivity contribution in [1.82, 2.24) is 0 Å². The minimum Gasteiger partial charge on any atom is -0.311 e. The summed E-state index contributed by atoms with van der Waals surface area (Å²) in [6.45, 7) is 6.95. The lowest BCUT2D eigenvalue weighted by Crippen LogP contribution is -2.39. The van der Waals surface area contributed by atoms with Gasteiger partial charge in [0.15, 0.2) is 0 Å². The van der Waals surface area contributed by atoms with Gasteiger partial charge in [0.25, 0.3) is 0 Å². The minimum atomic E-state index is -0.253. The molecular weight excluding hydrogens is 198 g/mol. The van der Waals surface area contributed by atoms with Gasteiger partial charge in [-0.3, -0.25) is 4.79 Å². The lowest BCUT2D eigenvalue weighted by molar-refractivity contribution is -0.126. The molecule has 86 valence electrons. The zero-order chi connectivity index (χ0) is 11.8. The predicted molar refractivity (Wildman–Crippen MR) is 66.6 cm³/mol. The monoisotopic (exact) mass is 217 g/mol. The first-order valence-corrected chi connectivity index (χ1v) is 5.96. The van der Waals surface area contributed by atoms with Crippen LogP contribution in [0.15, 0.2) is 24.3 Å². The maximum atomic E-state index is 12.4. The van der Waals surface area contributed by atoms with Gasteiger partial charge in [0.05, 0.1) is 0 Å². The van der Waals surface area contributed by atoms with E-state index < -0.39 is 0 Å². The van der Waals surface area contributed by atoms with Crippen molar-refractivity contribution in [3.05, 3.63) is 29.8 Å². The molecule has 2 rings (SSSR count). The van der Waals surface area contributed by atoms with Gasteiger partial charge in [-0.05, 0) is 24.5 Å². The van der Waals surface area contributed by atoms with E-state index in [2.05, 4.69) is 13.0 Å². The van der Waals surface area contributed by atoms with Crippen molar-refractivity contribution in [2.75, 3.05) is 11.4 Å². The Bertz CT molecular complexity index is 409. The summed E-state index contributed by atoms with van der Waals surface area (Å²) in [6, 6.07) is 8.20. The Morgan fingerprint density at radius 3 is 2.75 bits per heavy atom. The Morgan fingerprint density at radius 2 is 2.06 bits per heavy atom. The first-order chi connectivity index (χ1) is 7.56. The van der Waals surface area contributed by atoms with Crippen LogP contribution in [0.3, 0.4) is 0 Å². The second-order valence-corrected chi connectivity index (χ2v) is 5.07. The van der Waals surface area contributed by atoms with Crippen molar-refractivity contribution in [3.8, 4) is 0 Å². The molecule has 0 atom stereocenters. The van der Waals surface area contributed by atoms with Crippen molar-refractivity contribution in [2.24, 2.45) is 5.41 Å². The molecule has 0 radical (unpaired) electrons. The highest BCUT2D eigenvalue weighted by atomic mass is 16.2. The average molecular weight is 217 g/mol. The highest BCUT2D eigenvalue weighted by Gasteiger charge is 2.33. The van der Waals surface area contributed by atoms with Gasteiger partial charge in [-0.25, -0.2) is 0 Å². The molecule has 0 aromatic heterocycles. The molecule has 0 saturated carbocycles. The Balaban J connectivity index is 2.29. The number of hydrogen-bond acceptors (Lipinski definition) is 1. The molecule has 0 saturated heterocycles. The van der Waals surface area contributed by atoms with Crippen molar-refractivity contribution in [1.29, 1.82) is 0 Å². The molecule has 1 aromatic carbocycles. The van der Waals surface area contributed by atoms with E-state index in [9.17, 15) is 4.79 Å². The van der Waals surface area contributed by atoms with Crippen molar-refractivity contribution in [2.45, 2.75) is 33.6 Å². The molecule has 0 spiro atoms. The first-order valence-electron chi connectivity index (χ1n) is 5.96. The predicted octanol–water partition coefficient (Wildman–Crippen LogP) is 3.01. The molecule has 0 bridgehead atoms. The fourth-order valence-corrected chi connectivity index (χ4v) is 2.07. The normalized spacial score (nSPS) is 15.1. The summed E-state index contributed by atoms with van der Waals surface area (Å²) in [4.78, 5) is 14.3. The number of fused-ring (bicyclic) bond motifs is 1. The number of para-hydroxylation sites is 1. The van der Waals surface area contributed by atoms with E-state index in [-0.39, 0.29) is 11.3 Å². The van der Waals surface area contributed by atoms with Gasteiger partial charge in [-0.1, -0.05) is 39.0 Å². The molecule has 1 aliphatic rings. The number of benzene rings is 1. The van der Waals surface area contributed by atoms with Gasteiger partial charge >= 0.3 is 0 Å². The molecule has 1 amide bonds. The Labute approximate surface area is 97.3 Å². The molecule has 0 unspecified atom stereocenters. The summed E-state index contributed by atoms with van der Waals surface area (Å²) in [7, 11) is 0. The number of carbonyl (C=O) groups excluding carboxylic acids is 1. The molecule has 16 heavy (non-hydrogen) atoms. The third-order valence-electron chi connectivity index (χ3n) is 3.60. The zero-order valence-corrected chi connectivity index (χ0v) is 10.3. The maximum Gasteiger partial charge on any atom is 0.232 e. The smallest absolute Gasteiger partial charge is 0.232 e. The average Bonchev–Trinajstić information content (AvgIpc) is 2.71. The molecule has 0 N–H and O–H groups in total. The first kappa shape index (κ1) is 11.2. The second-order valence-electron chi connectivity index (χ2n) is 5.07. The van der Waals surface area contributed by atoms with E-state index in [4.69, 9.17) is 0 Å². The summed E-state index contributed by atoms with van der Waals surface area (Å²) in [5, 5.41) is 0. The Kier molecular flexibility index (Phi) is 2.75. The number of rotatable bonds is 2. The van der Waals surface area contributed by atoms with Crippen LogP contribution >= 0.6 is 0 Å². The number of amides is 1. The van der Waals surface area contributed by atoms with E-state index >= 15 is 0 Å². The van der Waals surface area contributed by atoms with Crippen LogP contribution in [0.2, 0.25) is 0 Å². The van der Waals surface area contributed by atoms with Gasteiger partial charge in [0.1, 0.15) is 0 Å². The van der Waals surface area contributed by atoms with Crippen LogP contribution in [0.4, 0.5) is 5.69 Å². The molecule has 2 nitrogen and oxygen atoms in total. The Morgan fingerprint density at radius 1 is 1.38 bits per heavy atom. The van der Waals surface area contributed by atoms with Gasteiger partial charge in [-0.15, -0.1) is 0 Å². The molecular formula is C14H19NO. The lowest BCUT2D eigenvalue weighted by atomic mass is 9.88. The highest BCUT2D eigenvalue weighted by molar-refractivity contribution is 5.98. The summed E-state index contributed by atoms with van der Waals surface area (Å²) in [5.74, 6) is 0.250. The summed E-state index contributed by atoms with van der Waals surface area (Å²) >= 11 is 0. The van der Waals surface area contributed by atoms with Gasteiger partial charge in [0, 0.05) is 17.6 Å². The third-order valence-corrected chi connectivity index (χ3v) is 3.60. The third kappa shape index (κ3) is 1.73. The van der Waals surface area contributed by atoms with E-state index in [0.29, 0.717) is 0 Å². The number of carbonyl (C=O) groups is 1. The van der Waals surface area contributed by atoms with E-state index in [1.165, 1.54) is 5.56 Å².